The number of nitrogens with zero attached hydrogens (tertiary/aromatic N) is 1. The molecule has 3 N–H and O–H groups in total. The van der Waals surface area contributed by atoms with Crippen molar-refractivity contribution < 1.29 is 18.4 Å². The van der Waals surface area contributed by atoms with Crippen LogP contribution >= 0.6 is 12.4 Å². The van der Waals surface area contributed by atoms with Crippen LogP contribution in [0.1, 0.15) is 28.8 Å². The summed E-state index contributed by atoms with van der Waals surface area (Å²) in [6.07, 6.45) is 1.33. The molecule has 1 aromatic rings. The fourth-order valence-electron chi connectivity index (χ4n) is 2.71. The number of benzene rings is 1. The number of nitrogens with one attached hydrogen (secondary N) is 1. The summed E-state index contributed by atoms with van der Waals surface area (Å²) in [7, 11) is 0. The molecule has 24 heavy (non-hydrogen) atoms. The molecule has 0 radical (unpaired) electrons. The maximum atomic E-state index is 13.9. The summed E-state index contributed by atoms with van der Waals surface area (Å²) in [5.74, 6) is -2.56. The molecule has 1 atom stereocenters. The van der Waals surface area contributed by atoms with E-state index in [1.165, 1.54) is 17.9 Å². The van der Waals surface area contributed by atoms with E-state index < -0.39 is 17.5 Å². The second kappa shape index (κ2) is 8.94. The lowest BCUT2D eigenvalue weighted by atomic mass is 9.96. The van der Waals surface area contributed by atoms with Gasteiger partial charge in [0.25, 0.3) is 5.91 Å². The third-order valence-corrected chi connectivity index (χ3v) is 4.00. The van der Waals surface area contributed by atoms with Crippen LogP contribution in [-0.2, 0) is 4.79 Å². The quantitative estimate of drug-likeness (QED) is 0.855. The predicted molar refractivity (Wildman–Crippen MR) is 89.0 cm³/mol. The molecule has 1 aliphatic heterocycles. The largest absolute Gasteiger partial charge is 0.355 e. The van der Waals surface area contributed by atoms with Crippen LogP contribution in [0.3, 0.4) is 0 Å². The van der Waals surface area contributed by atoms with E-state index in [0.29, 0.717) is 32.5 Å². The molecule has 1 unspecified atom stereocenters. The van der Waals surface area contributed by atoms with E-state index in [4.69, 9.17) is 5.73 Å². The average Bonchev–Trinajstić information content (AvgIpc) is 2.55. The zero-order valence-corrected chi connectivity index (χ0v) is 14.3. The summed E-state index contributed by atoms with van der Waals surface area (Å²) < 4.78 is 27.2. The van der Waals surface area contributed by atoms with Gasteiger partial charge in [-0.2, -0.15) is 0 Å². The lowest BCUT2D eigenvalue weighted by molar-refractivity contribution is -0.126. The van der Waals surface area contributed by atoms with Crippen LogP contribution in [0.25, 0.3) is 0 Å². The molecular weight excluding hydrogens is 340 g/mol. The highest BCUT2D eigenvalue weighted by Crippen LogP contribution is 2.21. The maximum absolute atomic E-state index is 13.9. The topological polar surface area (TPSA) is 75.4 Å². The van der Waals surface area contributed by atoms with Crippen molar-refractivity contribution in [2.75, 3.05) is 26.2 Å². The van der Waals surface area contributed by atoms with Crippen LogP contribution < -0.4 is 11.1 Å². The SMILES string of the molecule is Cc1cc(C(=O)N2CCCC(C(=O)NCCN)C2)c(F)cc1F.Cl. The standard InChI is InChI=1S/C16H21F2N3O2.ClH/c1-10-7-12(14(18)8-13(10)17)16(23)21-6-2-3-11(9-21)15(22)20-5-4-19;/h7-8,11H,2-6,9,19H2,1H3,(H,20,22);1H. The van der Waals surface area contributed by atoms with Gasteiger partial charge in [-0.25, -0.2) is 8.78 Å². The first-order chi connectivity index (χ1) is 10.9. The highest BCUT2D eigenvalue weighted by molar-refractivity contribution is 5.95. The highest BCUT2D eigenvalue weighted by atomic mass is 35.5. The van der Waals surface area contributed by atoms with Gasteiger partial charge in [0.2, 0.25) is 5.91 Å². The monoisotopic (exact) mass is 361 g/mol. The van der Waals surface area contributed by atoms with Gasteiger partial charge < -0.3 is 16.0 Å². The molecular formula is C16H22ClF2N3O2. The first-order valence-electron chi connectivity index (χ1n) is 7.66. The predicted octanol–water partition coefficient (Wildman–Crippen LogP) is 1.62. The van der Waals surface area contributed by atoms with Crippen molar-refractivity contribution in [2.24, 2.45) is 11.7 Å². The number of hydrogen-bond acceptors (Lipinski definition) is 3. The summed E-state index contributed by atoms with van der Waals surface area (Å²) >= 11 is 0. The Hall–Kier alpha value is -1.73. The van der Waals surface area contributed by atoms with Gasteiger partial charge in [0, 0.05) is 32.2 Å². The third-order valence-electron chi connectivity index (χ3n) is 4.00. The van der Waals surface area contributed by atoms with E-state index in [-0.39, 0.29) is 41.9 Å². The molecule has 0 aliphatic carbocycles. The Morgan fingerprint density at radius 2 is 2.04 bits per heavy atom. The number of carbonyl (C=O) groups excluding carboxylic acids is 2. The van der Waals surface area contributed by atoms with Gasteiger partial charge in [0.1, 0.15) is 11.6 Å². The highest BCUT2D eigenvalue weighted by Gasteiger charge is 2.30. The summed E-state index contributed by atoms with van der Waals surface area (Å²) in [5, 5.41) is 2.70. The van der Waals surface area contributed by atoms with Crippen LogP contribution in [0.5, 0.6) is 0 Å². The second-order valence-corrected chi connectivity index (χ2v) is 5.75. The minimum Gasteiger partial charge on any atom is -0.355 e. The van der Waals surface area contributed by atoms with E-state index in [9.17, 15) is 18.4 Å². The summed E-state index contributed by atoms with van der Waals surface area (Å²) in [6, 6.07) is 1.93. The van der Waals surface area contributed by atoms with Gasteiger partial charge in [-0.05, 0) is 31.4 Å². The number of halogens is 3. The molecule has 1 saturated heterocycles. The number of piperidine rings is 1. The van der Waals surface area contributed by atoms with Crippen molar-refractivity contribution in [3.05, 3.63) is 34.9 Å². The molecule has 1 aromatic carbocycles. The van der Waals surface area contributed by atoms with Crippen molar-refractivity contribution in [1.29, 1.82) is 0 Å². The first-order valence-corrected chi connectivity index (χ1v) is 7.66. The molecule has 0 saturated carbocycles. The molecule has 0 bridgehead atoms. The van der Waals surface area contributed by atoms with Crippen molar-refractivity contribution in [3.63, 3.8) is 0 Å². The van der Waals surface area contributed by atoms with Crippen LogP contribution in [0.4, 0.5) is 8.78 Å². The van der Waals surface area contributed by atoms with Crippen LogP contribution in [0, 0.1) is 24.5 Å². The smallest absolute Gasteiger partial charge is 0.256 e. The molecule has 134 valence electrons. The zero-order chi connectivity index (χ0) is 17.0. The number of carbonyl (C=O) groups is 2. The first kappa shape index (κ1) is 20.3. The van der Waals surface area contributed by atoms with Crippen molar-refractivity contribution in [3.8, 4) is 0 Å². The summed E-state index contributed by atoms with van der Waals surface area (Å²) in [4.78, 5) is 25.9. The van der Waals surface area contributed by atoms with Crippen molar-refractivity contribution >= 4 is 24.2 Å². The summed E-state index contributed by atoms with van der Waals surface area (Å²) in [6.45, 7) is 2.89. The van der Waals surface area contributed by atoms with E-state index in [2.05, 4.69) is 5.32 Å². The Morgan fingerprint density at radius 1 is 1.33 bits per heavy atom. The van der Waals surface area contributed by atoms with Crippen LogP contribution in [0.15, 0.2) is 12.1 Å². The van der Waals surface area contributed by atoms with Gasteiger partial charge in [-0.15, -0.1) is 12.4 Å². The number of likely N-dealkylation sites (tertiary alicyclic amines) is 1. The number of rotatable bonds is 4. The molecule has 0 spiro atoms. The molecule has 1 fully saturated rings. The van der Waals surface area contributed by atoms with Gasteiger partial charge in [0.15, 0.2) is 0 Å². The molecule has 0 aromatic heterocycles. The van der Waals surface area contributed by atoms with Gasteiger partial charge >= 0.3 is 0 Å². The number of amides is 2. The van der Waals surface area contributed by atoms with Crippen molar-refractivity contribution in [1.82, 2.24) is 10.2 Å². The van der Waals surface area contributed by atoms with E-state index in [1.54, 1.807) is 0 Å². The van der Waals surface area contributed by atoms with Gasteiger partial charge in [-0.3, -0.25) is 9.59 Å². The van der Waals surface area contributed by atoms with E-state index in [0.717, 1.165) is 6.07 Å². The van der Waals surface area contributed by atoms with Crippen molar-refractivity contribution in [2.45, 2.75) is 19.8 Å². The van der Waals surface area contributed by atoms with Gasteiger partial charge in [-0.1, -0.05) is 0 Å². The van der Waals surface area contributed by atoms with Crippen LogP contribution in [-0.4, -0.2) is 42.9 Å². The Morgan fingerprint density at radius 3 is 2.71 bits per heavy atom. The zero-order valence-electron chi connectivity index (χ0n) is 13.5. The summed E-state index contributed by atoms with van der Waals surface area (Å²) in [5.41, 5.74) is 5.40. The van der Waals surface area contributed by atoms with E-state index >= 15 is 0 Å². The maximum Gasteiger partial charge on any atom is 0.256 e. The fourth-order valence-corrected chi connectivity index (χ4v) is 2.71. The molecule has 1 heterocycles. The number of aryl methyl sites for hydroxylation is 1. The Kier molecular flexibility index (Phi) is 7.57. The number of nitrogens with two attached hydrogens (primary N) is 1. The lowest BCUT2D eigenvalue weighted by Crippen LogP contribution is -2.46. The van der Waals surface area contributed by atoms with E-state index in [1.807, 2.05) is 0 Å². The Balaban J connectivity index is 0.00000288. The average molecular weight is 362 g/mol. The molecule has 1 aliphatic rings. The molecule has 5 nitrogen and oxygen atoms in total. The lowest BCUT2D eigenvalue weighted by Gasteiger charge is -2.32. The normalized spacial score (nSPS) is 17.2. The Bertz CT molecular complexity index is 613. The minimum absolute atomic E-state index is 0. The molecule has 2 amide bonds. The van der Waals surface area contributed by atoms with Crippen LogP contribution in [0.2, 0.25) is 0 Å². The van der Waals surface area contributed by atoms with Gasteiger partial charge in [0.05, 0.1) is 11.5 Å². The second-order valence-electron chi connectivity index (χ2n) is 5.75. The molecule has 2 rings (SSSR count). The fraction of sp³-hybridized carbons (Fsp3) is 0.500. The number of hydrogen-bond donors (Lipinski definition) is 2. The third kappa shape index (κ3) is 4.64. The minimum atomic E-state index is -0.882. The molecule has 8 heteroatoms. The Labute approximate surface area is 146 Å².